The first-order valence-electron chi connectivity index (χ1n) is 2.79. The van der Waals surface area contributed by atoms with Crippen LogP contribution in [0.1, 0.15) is 13.8 Å². The summed E-state index contributed by atoms with van der Waals surface area (Å²) in [5.74, 6) is 0.868. The van der Waals surface area contributed by atoms with Gasteiger partial charge in [-0.2, -0.15) is 0 Å². The van der Waals surface area contributed by atoms with Gasteiger partial charge in [0, 0.05) is 0 Å². The van der Waals surface area contributed by atoms with Crippen LogP contribution in [0.4, 0.5) is 0 Å². The normalized spacial score (nSPS) is 27.5. The summed E-state index contributed by atoms with van der Waals surface area (Å²) < 4.78 is 0. The Morgan fingerprint density at radius 2 is 2.12 bits per heavy atom. The van der Waals surface area contributed by atoms with Gasteiger partial charge < -0.3 is 5.11 Å². The van der Waals surface area contributed by atoms with Crippen molar-refractivity contribution in [3.05, 3.63) is 23.5 Å². The molecular weight excluding hydrogens is 100 g/mol. The Bertz CT molecular complexity index is 136. The third-order valence-corrected chi connectivity index (χ3v) is 1.34. The summed E-state index contributed by atoms with van der Waals surface area (Å²) in [5, 5.41) is 8.96. The molecule has 0 aromatic carbocycles. The highest BCUT2D eigenvalue weighted by atomic mass is 16.3. The van der Waals surface area contributed by atoms with Crippen LogP contribution in [-0.2, 0) is 0 Å². The van der Waals surface area contributed by atoms with Crippen molar-refractivity contribution in [2.24, 2.45) is 5.92 Å². The van der Waals surface area contributed by atoms with Gasteiger partial charge in [0.2, 0.25) is 0 Å². The molecule has 1 aliphatic carbocycles. The molecule has 1 nitrogen and oxygen atoms in total. The Morgan fingerprint density at radius 3 is 2.25 bits per heavy atom. The fourth-order valence-corrected chi connectivity index (χ4v) is 0.908. The van der Waals surface area contributed by atoms with E-state index in [0.717, 1.165) is 5.57 Å². The summed E-state index contributed by atoms with van der Waals surface area (Å²) in [5.41, 5.74) is 0.998. The molecule has 1 aliphatic rings. The Labute approximate surface area is 49.3 Å². The summed E-state index contributed by atoms with van der Waals surface area (Å²) in [6.45, 7) is 3.96. The molecule has 1 unspecified atom stereocenters. The largest absolute Gasteiger partial charge is 0.508 e. The first-order valence-corrected chi connectivity index (χ1v) is 2.79. The van der Waals surface area contributed by atoms with Crippen molar-refractivity contribution in [3.63, 3.8) is 0 Å². The van der Waals surface area contributed by atoms with Crippen molar-refractivity contribution in [2.75, 3.05) is 0 Å². The first-order chi connectivity index (χ1) is 3.70. The van der Waals surface area contributed by atoms with Gasteiger partial charge in [-0.1, -0.05) is 13.0 Å². The lowest BCUT2D eigenvalue weighted by atomic mass is 10.2. The van der Waals surface area contributed by atoms with Gasteiger partial charge in [0.25, 0.3) is 0 Å². The van der Waals surface area contributed by atoms with Crippen molar-refractivity contribution < 1.29 is 5.11 Å². The molecule has 0 aliphatic heterocycles. The van der Waals surface area contributed by atoms with Gasteiger partial charge in [-0.15, -0.1) is 0 Å². The fraction of sp³-hybridized carbons (Fsp3) is 0.429. The van der Waals surface area contributed by atoms with Gasteiger partial charge in [0.15, 0.2) is 0 Å². The highest BCUT2D eigenvalue weighted by Gasteiger charge is 2.07. The quantitative estimate of drug-likeness (QED) is 0.505. The van der Waals surface area contributed by atoms with Gasteiger partial charge in [-0.25, -0.2) is 0 Å². The third kappa shape index (κ3) is 0.760. The molecule has 0 aromatic rings. The highest BCUT2D eigenvalue weighted by molar-refractivity contribution is 5.31. The van der Waals surface area contributed by atoms with Gasteiger partial charge in [-0.05, 0) is 24.5 Å². The van der Waals surface area contributed by atoms with Crippen molar-refractivity contribution in [2.45, 2.75) is 13.8 Å². The third-order valence-electron chi connectivity index (χ3n) is 1.34. The summed E-state index contributed by atoms with van der Waals surface area (Å²) in [7, 11) is 0. The molecule has 8 heavy (non-hydrogen) atoms. The van der Waals surface area contributed by atoms with Crippen molar-refractivity contribution in [1.82, 2.24) is 0 Å². The van der Waals surface area contributed by atoms with Crippen LogP contribution in [0.3, 0.4) is 0 Å². The molecule has 0 bridgehead atoms. The van der Waals surface area contributed by atoms with E-state index in [1.54, 1.807) is 0 Å². The predicted molar refractivity (Wildman–Crippen MR) is 33.6 cm³/mol. The van der Waals surface area contributed by atoms with E-state index in [4.69, 9.17) is 5.11 Å². The van der Waals surface area contributed by atoms with E-state index < -0.39 is 0 Å². The van der Waals surface area contributed by atoms with Crippen molar-refractivity contribution in [1.29, 1.82) is 0 Å². The van der Waals surface area contributed by atoms with Gasteiger partial charge in [-0.3, -0.25) is 0 Å². The lowest BCUT2D eigenvalue weighted by molar-refractivity contribution is 0.424. The van der Waals surface area contributed by atoms with Gasteiger partial charge >= 0.3 is 0 Å². The monoisotopic (exact) mass is 110 g/mol. The highest BCUT2D eigenvalue weighted by Crippen LogP contribution is 2.19. The maximum absolute atomic E-state index is 8.96. The van der Waals surface area contributed by atoms with Crippen LogP contribution in [0, 0.1) is 5.92 Å². The average molecular weight is 110 g/mol. The Morgan fingerprint density at radius 1 is 1.50 bits per heavy atom. The van der Waals surface area contributed by atoms with Crippen LogP contribution < -0.4 is 0 Å². The Balaban J connectivity index is 2.82. The standard InChI is InChI=1S/C7H10O/c1-5-3-6(2)7(8)4-5/h3-5,8H,1-2H3. The fourth-order valence-electron chi connectivity index (χ4n) is 0.908. The van der Waals surface area contributed by atoms with Crippen LogP contribution >= 0.6 is 0 Å². The topological polar surface area (TPSA) is 20.2 Å². The first kappa shape index (κ1) is 5.42. The molecule has 0 amide bonds. The van der Waals surface area contributed by atoms with E-state index in [9.17, 15) is 0 Å². The number of aliphatic hydroxyl groups excluding tert-OH is 1. The molecule has 0 saturated heterocycles. The van der Waals surface area contributed by atoms with Crippen LogP contribution in [-0.4, -0.2) is 5.11 Å². The lowest BCUT2D eigenvalue weighted by Gasteiger charge is -1.87. The molecule has 0 fully saturated rings. The smallest absolute Gasteiger partial charge is 0.114 e. The van der Waals surface area contributed by atoms with Crippen molar-refractivity contribution in [3.8, 4) is 0 Å². The summed E-state index contributed by atoms with van der Waals surface area (Å²) >= 11 is 0. The molecule has 1 heteroatoms. The SMILES string of the molecule is CC1=CC(C)C=C1O. The summed E-state index contributed by atoms with van der Waals surface area (Å²) in [6.07, 6.45) is 3.88. The minimum Gasteiger partial charge on any atom is -0.508 e. The molecular formula is C7H10O. The molecule has 0 heterocycles. The summed E-state index contributed by atoms with van der Waals surface area (Å²) in [4.78, 5) is 0. The van der Waals surface area contributed by atoms with Gasteiger partial charge in [0.1, 0.15) is 5.76 Å². The lowest BCUT2D eigenvalue weighted by Crippen LogP contribution is -1.74. The number of rotatable bonds is 0. The molecule has 44 valence electrons. The molecule has 1 rings (SSSR count). The van der Waals surface area contributed by atoms with Crippen molar-refractivity contribution >= 4 is 0 Å². The zero-order valence-corrected chi connectivity index (χ0v) is 5.18. The van der Waals surface area contributed by atoms with E-state index in [2.05, 4.69) is 0 Å². The van der Waals surface area contributed by atoms with E-state index in [1.165, 1.54) is 0 Å². The van der Waals surface area contributed by atoms with Crippen LogP contribution in [0.25, 0.3) is 0 Å². The van der Waals surface area contributed by atoms with Gasteiger partial charge in [0.05, 0.1) is 0 Å². The molecule has 0 radical (unpaired) electrons. The zero-order chi connectivity index (χ0) is 6.15. The van der Waals surface area contributed by atoms with E-state index in [0.29, 0.717) is 11.7 Å². The second-order valence-electron chi connectivity index (χ2n) is 2.26. The van der Waals surface area contributed by atoms with E-state index >= 15 is 0 Å². The molecule has 0 saturated carbocycles. The summed E-state index contributed by atoms with van der Waals surface area (Å²) in [6, 6.07) is 0. The van der Waals surface area contributed by atoms with Crippen LogP contribution in [0.5, 0.6) is 0 Å². The maximum Gasteiger partial charge on any atom is 0.114 e. The Kier molecular flexibility index (Phi) is 1.12. The number of allylic oxidation sites excluding steroid dienone is 3. The molecule has 1 atom stereocenters. The Hall–Kier alpha value is -0.720. The van der Waals surface area contributed by atoms with E-state index in [-0.39, 0.29) is 0 Å². The average Bonchev–Trinajstić information content (AvgIpc) is 1.85. The van der Waals surface area contributed by atoms with Crippen LogP contribution in [0.15, 0.2) is 23.5 Å². The second-order valence-corrected chi connectivity index (χ2v) is 2.26. The number of aliphatic hydroxyl groups is 1. The minimum absolute atomic E-state index is 0.426. The molecule has 0 spiro atoms. The van der Waals surface area contributed by atoms with Crippen LogP contribution in [0.2, 0.25) is 0 Å². The maximum atomic E-state index is 8.96. The number of hydrogen-bond acceptors (Lipinski definition) is 1. The molecule has 1 N–H and O–H groups in total. The molecule has 0 aromatic heterocycles. The van der Waals surface area contributed by atoms with E-state index in [1.807, 2.05) is 26.0 Å². The zero-order valence-electron chi connectivity index (χ0n) is 5.18. The minimum atomic E-state index is 0.426. The predicted octanol–water partition coefficient (Wildman–Crippen LogP) is 2.02. The second kappa shape index (κ2) is 1.66. The number of hydrogen-bond donors (Lipinski definition) is 1.